The Morgan fingerprint density at radius 1 is 0.929 bits per heavy atom. The van der Waals surface area contributed by atoms with Gasteiger partial charge in [-0.3, -0.25) is 9.59 Å². The number of hydrogen-bond donors (Lipinski definition) is 1. The molecule has 1 aliphatic rings. The van der Waals surface area contributed by atoms with Crippen molar-refractivity contribution in [3.05, 3.63) is 83.7 Å². The Morgan fingerprint density at radius 2 is 1.60 bits per heavy atom. The van der Waals surface area contributed by atoms with E-state index in [0.717, 1.165) is 0 Å². The van der Waals surface area contributed by atoms with E-state index in [2.05, 4.69) is 0 Å². The number of halogens is 4. The number of rotatable bonds is 9. The van der Waals surface area contributed by atoms with E-state index in [4.69, 9.17) is 4.74 Å². The molecule has 0 atom stereocenters. The van der Waals surface area contributed by atoms with Crippen LogP contribution in [0.15, 0.2) is 66.7 Å². The zero-order chi connectivity index (χ0) is 30.5. The summed E-state index contributed by atoms with van der Waals surface area (Å²) in [6, 6.07) is 17.4. The van der Waals surface area contributed by atoms with Crippen LogP contribution in [-0.4, -0.2) is 69.8 Å². The van der Waals surface area contributed by atoms with Gasteiger partial charge in [-0.25, -0.2) is 17.5 Å². The summed E-state index contributed by atoms with van der Waals surface area (Å²) in [5, 5.41) is 0. The maximum absolute atomic E-state index is 15.0. The Bertz CT molecular complexity index is 1540. The molecule has 0 aromatic heterocycles. The highest BCUT2D eigenvalue weighted by Gasteiger charge is 2.30. The molecule has 8 nitrogen and oxygen atoms in total. The average Bonchev–Trinajstić information content (AvgIpc) is 2.96. The first-order valence-electron chi connectivity index (χ1n) is 13.1. The second-order valence-electron chi connectivity index (χ2n) is 9.60. The van der Waals surface area contributed by atoms with Gasteiger partial charge in [-0.15, -0.1) is 0 Å². The lowest BCUT2D eigenvalue weighted by Gasteiger charge is -2.36. The Labute approximate surface area is 240 Å². The predicted molar refractivity (Wildman–Crippen MR) is 149 cm³/mol. The molecule has 42 heavy (non-hydrogen) atoms. The van der Waals surface area contributed by atoms with Gasteiger partial charge in [-0.2, -0.15) is 13.2 Å². The van der Waals surface area contributed by atoms with Gasteiger partial charge in [-0.05, 0) is 61.0 Å². The first-order valence-corrected chi connectivity index (χ1v) is 14.8. The molecule has 0 aliphatic carbocycles. The number of anilines is 1. The van der Waals surface area contributed by atoms with Gasteiger partial charge in [0, 0.05) is 48.6 Å². The van der Waals surface area contributed by atoms with Crippen LogP contribution in [0.1, 0.15) is 34.1 Å². The SMILES string of the molecule is CCOc1cccc(-c2ccc(C(=O)N3CCN(c4ccc(C(=O)NS(=O)(=O)CCC(F)(F)F)cc4)CC3)cc2F)c1. The van der Waals surface area contributed by atoms with Gasteiger partial charge >= 0.3 is 6.18 Å². The monoisotopic (exact) mass is 607 g/mol. The highest BCUT2D eigenvalue weighted by molar-refractivity contribution is 7.90. The summed E-state index contributed by atoms with van der Waals surface area (Å²) < 4.78 is 82.7. The van der Waals surface area contributed by atoms with Crippen LogP contribution in [0.4, 0.5) is 23.2 Å². The van der Waals surface area contributed by atoms with Gasteiger partial charge in [0.25, 0.3) is 11.8 Å². The Balaban J connectivity index is 1.33. The topological polar surface area (TPSA) is 96.0 Å². The summed E-state index contributed by atoms with van der Waals surface area (Å²) in [6.45, 7) is 3.97. The van der Waals surface area contributed by atoms with Gasteiger partial charge in [0.05, 0.1) is 18.8 Å². The molecule has 0 saturated carbocycles. The summed E-state index contributed by atoms with van der Waals surface area (Å²) in [5.41, 5.74) is 1.90. The van der Waals surface area contributed by atoms with E-state index in [1.807, 2.05) is 11.8 Å². The number of sulfonamides is 1. The number of carbonyl (C=O) groups excluding carboxylic acids is 2. The molecule has 1 aliphatic heterocycles. The van der Waals surface area contributed by atoms with E-state index >= 15 is 4.39 Å². The van der Waals surface area contributed by atoms with Gasteiger partial charge in [0.15, 0.2) is 0 Å². The van der Waals surface area contributed by atoms with Crippen molar-refractivity contribution in [3.63, 3.8) is 0 Å². The minimum absolute atomic E-state index is 0.0294. The molecule has 224 valence electrons. The molecule has 3 aromatic rings. The number of amides is 2. The van der Waals surface area contributed by atoms with Crippen LogP contribution in [0.2, 0.25) is 0 Å². The third kappa shape index (κ3) is 7.99. The number of ether oxygens (including phenoxy) is 1. The Kier molecular flexibility index (Phi) is 9.40. The lowest BCUT2D eigenvalue weighted by molar-refractivity contribution is -0.130. The summed E-state index contributed by atoms with van der Waals surface area (Å²) in [6.07, 6.45) is -6.22. The van der Waals surface area contributed by atoms with E-state index < -0.39 is 40.1 Å². The lowest BCUT2D eigenvalue weighted by Crippen LogP contribution is -2.48. The third-order valence-electron chi connectivity index (χ3n) is 6.64. The van der Waals surface area contributed by atoms with Crippen LogP contribution in [-0.2, 0) is 10.0 Å². The fraction of sp³-hybridized carbons (Fsp3) is 0.310. The maximum Gasteiger partial charge on any atom is 0.390 e. The van der Waals surface area contributed by atoms with Gasteiger partial charge < -0.3 is 14.5 Å². The molecule has 1 fully saturated rings. The van der Waals surface area contributed by atoms with Crippen molar-refractivity contribution in [1.29, 1.82) is 0 Å². The molecule has 0 radical (unpaired) electrons. The van der Waals surface area contributed by atoms with E-state index in [1.54, 1.807) is 58.2 Å². The van der Waals surface area contributed by atoms with Gasteiger partial charge in [-0.1, -0.05) is 18.2 Å². The normalized spacial score (nSPS) is 14.0. The van der Waals surface area contributed by atoms with E-state index in [-0.39, 0.29) is 17.0 Å². The number of nitrogens with one attached hydrogen (secondary N) is 1. The van der Waals surface area contributed by atoms with E-state index in [1.165, 1.54) is 18.2 Å². The molecular formula is C29H29F4N3O5S. The van der Waals surface area contributed by atoms with Crippen molar-refractivity contribution in [2.24, 2.45) is 0 Å². The molecule has 4 rings (SSSR count). The zero-order valence-corrected chi connectivity index (χ0v) is 23.5. The van der Waals surface area contributed by atoms with Gasteiger partial charge in [0.2, 0.25) is 10.0 Å². The van der Waals surface area contributed by atoms with Crippen LogP contribution >= 0.6 is 0 Å². The molecule has 1 N–H and O–H groups in total. The summed E-state index contributed by atoms with van der Waals surface area (Å²) in [4.78, 5) is 28.9. The smallest absolute Gasteiger partial charge is 0.390 e. The number of hydrogen-bond acceptors (Lipinski definition) is 6. The van der Waals surface area contributed by atoms with Gasteiger partial charge in [0.1, 0.15) is 11.6 Å². The van der Waals surface area contributed by atoms with E-state index in [9.17, 15) is 31.2 Å². The zero-order valence-electron chi connectivity index (χ0n) is 22.7. The number of piperazine rings is 1. The standard InChI is InChI=1S/C29H29F4N3O5S/c1-2-41-24-5-3-4-21(18-24)25-11-8-22(19-26(25)30)28(38)36-15-13-35(14-16-36)23-9-6-20(7-10-23)27(37)34-42(39,40)17-12-29(31,32)33/h3-11,18-19H,2,12-17H2,1H3,(H,34,37). The fourth-order valence-electron chi connectivity index (χ4n) is 4.48. The molecule has 13 heteroatoms. The van der Waals surface area contributed by atoms with Crippen LogP contribution in [0.5, 0.6) is 5.75 Å². The van der Waals surface area contributed by atoms with Crippen molar-refractivity contribution in [2.75, 3.05) is 43.4 Å². The lowest BCUT2D eigenvalue weighted by atomic mass is 10.0. The fourth-order valence-corrected chi connectivity index (χ4v) is 5.48. The second kappa shape index (κ2) is 12.8. The minimum atomic E-state index is -4.66. The Hall–Kier alpha value is -4.13. The van der Waals surface area contributed by atoms with Crippen LogP contribution in [0.3, 0.4) is 0 Å². The average molecular weight is 608 g/mol. The first kappa shape index (κ1) is 30.8. The van der Waals surface area contributed by atoms with Crippen LogP contribution in [0.25, 0.3) is 11.1 Å². The van der Waals surface area contributed by atoms with Crippen molar-refractivity contribution < 1.29 is 40.3 Å². The molecule has 0 bridgehead atoms. The van der Waals surface area contributed by atoms with Crippen molar-refractivity contribution >= 4 is 27.5 Å². The highest BCUT2D eigenvalue weighted by atomic mass is 32.2. The molecule has 1 heterocycles. The Morgan fingerprint density at radius 3 is 2.21 bits per heavy atom. The molecule has 3 aromatic carbocycles. The van der Waals surface area contributed by atoms with Crippen LogP contribution < -0.4 is 14.4 Å². The number of carbonyl (C=O) groups is 2. The largest absolute Gasteiger partial charge is 0.494 e. The van der Waals surface area contributed by atoms with Crippen molar-refractivity contribution in [2.45, 2.75) is 19.5 Å². The second-order valence-corrected chi connectivity index (χ2v) is 11.4. The number of benzene rings is 3. The number of nitrogens with zero attached hydrogens (tertiary/aromatic N) is 2. The molecule has 0 unspecified atom stereocenters. The third-order valence-corrected chi connectivity index (χ3v) is 7.87. The summed E-state index contributed by atoms with van der Waals surface area (Å²) in [5.74, 6) is -2.48. The van der Waals surface area contributed by atoms with Crippen LogP contribution in [0, 0.1) is 5.82 Å². The quantitative estimate of drug-likeness (QED) is 0.349. The molecule has 2 amide bonds. The minimum Gasteiger partial charge on any atom is -0.494 e. The summed E-state index contributed by atoms with van der Waals surface area (Å²) >= 11 is 0. The molecule has 1 saturated heterocycles. The highest BCUT2D eigenvalue weighted by Crippen LogP contribution is 2.28. The number of alkyl halides is 3. The summed E-state index contributed by atoms with van der Waals surface area (Å²) in [7, 11) is -4.45. The predicted octanol–water partition coefficient (Wildman–Crippen LogP) is 4.87. The first-order chi connectivity index (χ1) is 19.8. The van der Waals surface area contributed by atoms with E-state index in [0.29, 0.717) is 55.3 Å². The molecule has 0 spiro atoms. The maximum atomic E-state index is 15.0. The van der Waals surface area contributed by atoms with Crippen molar-refractivity contribution in [3.8, 4) is 16.9 Å². The molecular weight excluding hydrogens is 578 g/mol. The van der Waals surface area contributed by atoms with Crippen molar-refractivity contribution in [1.82, 2.24) is 9.62 Å².